The molecule has 1 amide bonds. The van der Waals surface area contributed by atoms with Gasteiger partial charge in [-0.05, 0) is 42.9 Å². The Morgan fingerprint density at radius 3 is 2.91 bits per heavy atom. The van der Waals surface area contributed by atoms with E-state index in [9.17, 15) is 4.79 Å². The number of guanidine groups is 1. The van der Waals surface area contributed by atoms with Gasteiger partial charge in [-0.25, -0.2) is 4.99 Å². The van der Waals surface area contributed by atoms with Crippen LogP contribution in [0.2, 0.25) is 0 Å². The quantitative estimate of drug-likeness (QED) is 0.645. The van der Waals surface area contributed by atoms with Gasteiger partial charge in [-0.15, -0.1) is 0 Å². The van der Waals surface area contributed by atoms with Gasteiger partial charge < -0.3 is 16.0 Å². The average molecular weight is 300 g/mol. The lowest BCUT2D eigenvalue weighted by Crippen LogP contribution is -2.37. The molecule has 1 aliphatic heterocycles. The first-order valence-electron chi connectivity index (χ1n) is 8.15. The fourth-order valence-corrected chi connectivity index (χ4v) is 2.92. The molecule has 1 heterocycles. The first-order valence-corrected chi connectivity index (χ1v) is 8.15. The third-order valence-electron chi connectivity index (χ3n) is 4.52. The molecule has 1 saturated heterocycles. The molecule has 1 aliphatic carbocycles. The molecule has 1 saturated carbocycles. The standard InChI is InChI=1S/C17H24N4O/c18-17(19-11-13-4-1-5-13)20-12-14-6-2-7-15(10-14)21-9-3-8-16(21)22/h2,6-7,10,13H,1,3-5,8-9,11-12H2,(H3,18,19,20). The molecular weight excluding hydrogens is 276 g/mol. The Kier molecular flexibility index (Phi) is 4.61. The molecule has 1 aromatic rings. The van der Waals surface area contributed by atoms with Gasteiger partial charge in [0.05, 0.1) is 6.54 Å². The second kappa shape index (κ2) is 6.81. The number of amides is 1. The third kappa shape index (κ3) is 3.59. The minimum absolute atomic E-state index is 0.210. The van der Waals surface area contributed by atoms with Crippen LogP contribution >= 0.6 is 0 Å². The number of carbonyl (C=O) groups is 1. The Morgan fingerprint density at radius 1 is 1.36 bits per heavy atom. The van der Waals surface area contributed by atoms with Gasteiger partial charge in [-0.1, -0.05) is 18.6 Å². The van der Waals surface area contributed by atoms with Crippen molar-refractivity contribution in [1.29, 1.82) is 0 Å². The SMILES string of the molecule is NC(=NCc1cccc(N2CCCC2=O)c1)NCC1CCC1. The van der Waals surface area contributed by atoms with Crippen molar-refractivity contribution < 1.29 is 4.79 Å². The van der Waals surface area contributed by atoms with Crippen molar-refractivity contribution in [3.63, 3.8) is 0 Å². The average Bonchev–Trinajstić information content (AvgIpc) is 2.90. The molecule has 2 fully saturated rings. The number of nitrogens with two attached hydrogens (primary N) is 1. The smallest absolute Gasteiger partial charge is 0.227 e. The Bertz CT molecular complexity index is 566. The van der Waals surface area contributed by atoms with Crippen LogP contribution in [0.4, 0.5) is 5.69 Å². The van der Waals surface area contributed by atoms with E-state index in [1.165, 1.54) is 19.3 Å². The zero-order chi connectivity index (χ0) is 15.4. The molecule has 5 heteroatoms. The van der Waals surface area contributed by atoms with Gasteiger partial charge in [0.1, 0.15) is 0 Å². The number of anilines is 1. The van der Waals surface area contributed by atoms with Crippen molar-refractivity contribution in [1.82, 2.24) is 5.32 Å². The number of aliphatic imine (C=N–C) groups is 1. The number of nitrogens with zero attached hydrogens (tertiary/aromatic N) is 2. The van der Waals surface area contributed by atoms with Crippen molar-refractivity contribution >= 4 is 17.6 Å². The number of hydrogen-bond donors (Lipinski definition) is 2. The molecule has 0 radical (unpaired) electrons. The molecule has 0 atom stereocenters. The molecule has 2 aliphatic rings. The van der Waals surface area contributed by atoms with Crippen LogP contribution in [0.1, 0.15) is 37.7 Å². The topological polar surface area (TPSA) is 70.7 Å². The third-order valence-corrected chi connectivity index (χ3v) is 4.52. The fraction of sp³-hybridized carbons (Fsp3) is 0.529. The summed E-state index contributed by atoms with van der Waals surface area (Å²) >= 11 is 0. The zero-order valence-corrected chi connectivity index (χ0v) is 12.9. The Labute approximate surface area is 131 Å². The molecule has 0 bridgehead atoms. The Morgan fingerprint density at radius 2 is 2.23 bits per heavy atom. The molecule has 118 valence electrons. The van der Waals surface area contributed by atoms with Crippen LogP contribution in [0, 0.1) is 5.92 Å². The highest BCUT2D eigenvalue weighted by Crippen LogP contribution is 2.25. The summed E-state index contributed by atoms with van der Waals surface area (Å²) in [6, 6.07) is 8.01. The van der Waals surface area contributed by atoms with Crippen molar-refractivity contribution in [3.05, 3.63) is 29.8 Å². The van der Waals surface area contributed by atoms with Crippen LogP contribution in [-0.2, 0) is 11.3 Å². The van der Waals surface area contributed by atoms with E-state index in [4.69, 9.17) is 5.73 Å². The van der Waals surface area contributed by atoms with E-state index in [2.05, 4.69) is 10.3 Å². The number of benzene rings is 1. The van der Waals surface area contributed by atoms with E-state index in [-0.39, 0.29) is 5.91 Å². The van der Waals surface area contributed by atoms with Crippen LogP contribution in [0.5, 0.6) is 0 Å². The molecule has 3 N–H and O–H groups in total. The van der Waals surface area contributed by atoms with Crippen LogP contribution < -0.4 is 16.0 Å². The van der Waals surface area contributed by atoms with Crippen molar-refractivity contribution in [3.8, 4) is 0 Å². The lowest BCUT2D eigenvalue weighted by molar-refractivity contribution is -0.117. The summed E-state index contributed by atoms with van der Waals surface area (Å²) in [6.07, 6.45) is 5.53. The molecule has 0 unspecified atom stereocenters. The van der Waals surface area contributed by atoms with Gasteiger partial charge in [0.2, 0.25) is 5.91 Å². The van der Waals surface area contributed by atoms with E-state index >= 15 is 0 Å². The maximum absolute atomic E-state index is 11.8. The summed E-state index contributed by atoms with van der Waals surface area (Å²) in [5.41, 5.74) is 7.95. The zero-order valence-electron chi connectivity index (χ0n) is 12.9. The summed E-state index contributed by atoms with van der Waals surface area (Å²) < 4.78 is 0. The van der Waals surface area contributed by atoms with Gasteiger partial charge in [-0.3, -0.25) is 4.79 Å². The highest BCUT2D eigenvalue weighted by molar-refractivity contribution is 5.95. The monoisotopic (exact) mass is 300 g/mol. The molecule has 1 aromatic carbocycles. The van der Waals surface area contributed by atoms with Gasteiger partial charge in [0, 0.05) is 25.2 Å². The summed E-state index contributed by atoms with van der Waals surface area (Å²) in [7, 11) is 0. The van der Waals surface area contributed by atoms with Gasteiger partial charge in [0.15, 0.2) is 5.96 Å². The minimum atomic E-state index is 0.210. The van der Waals surface area contributed by atoms with Crippen LogP contribution in [0.3, 0.4) is 0 Å². The minimum Gasteiger partial charge on any atom is -0.370 e. The second-order valence-corrected chi connectivity index (χ2v) is 6.20. The number of hydrogen-bond acceptors (Lipinski definition) is 2. The van der Waals surface area contributed by atoms with E-state index < -0.39 is 0 Å². The van der Waals surface area contributed by atoms with Gasteiger partial charge in [0.25, 0.3) is 0 Å². The highest BCUT2D eigenvalue weighted by atomic mass is 16.2. The van der Waals surface area contributed by atoms with Crippen molar-refractivity contribution in [2.24, 2.45) is 16.6 Å². The first-order chi connectivity index (χ1) is 10.7. The van der Waals surface area contributed by atoms with Crippen molar-refractivity contribution in [2.45, 2.75) is 38.6 Å². The predicted molar refractivity (Wildman–Crippen MR) is 88.7 cm³/mol. The van der Waals surface area contributed by atoms with Gasteiger partial charge in [-0.2, -0.15) is 0 Å². The summed E-state index contributed by atoms with van der Waals surface area (Å²) in [5.74, 6) is 1.48. The maximum Gasteiger partial charge on any atom is 0.227 e. The van der Waals surface area contributed by atoms with E-state index in [1.807, 2.05) is 29.2 Å². The summed E-state index contributed by atoms with van der Waals surface area (Å²) in [4.78, 5) is 18.0. The maximum atomic E-state index is 11.8. The Hall–Kier alpha value is -2.04. The highest BCUT2D eigenvalue weighted by Gasteiger charge is 2.21. The lowest BCUT2D eigenvalue weighted by atomic mass is 9.85. The van der Waals surface area contributed by atoms with Crippen LogP contribution in [0.15, 0.2) is 29.3 Å². The molecule has 22 heavy (non-hydrogen) atoms. The van der Waals surface area contributed by atoms with E-state index in [0.29, 0.717) is 18.9 Å². The number of carbonyl (C=O) groups excluding carboxylic acids is 1. The largest absolute Gasteiger partial charge is 0.370 e. The summed E-state index contributed by atoms with van der Waals surface area (Å²) in [6.45, 7) is 2.29. The molecule has 5 nitrogen and oxygen atoms in total. The number of rotatable bonds is 5. The Balaban J connectivity index is 1.56. The summed E-state index contributed by atoms with van der Waals surface area (Å²) in [5, 5.41) is 3.19. The number of nitrogens with one attached hydrogen (secondary N) is 1. The lowest BCUT2D eigenvalue weighted by Gasteiger charge is -2.25. The first kappa shape index (κ1) is 14.9. The van der Waals surface area contributed by atoms with E-state index in [0.717, 1.165) is 36.7 Å². The van der Waals surface area contributed by atoms with Crippen LogP contribution in [0.25, 0.3) is 0 Å². The van der Waals surface area contributed by atoms with Gasteiger partial charge >= 0.3 is 0 Å². The van der Waals surface area contributed by atoms with E-state index in [1.54, 1.807) is 0 Å². The molecular formula is C17H24N4O. The molecule has 0 aromatic heterocycles. The second-order valence-electron chi connectivity index (χ2n) is 6.20. The van der Waals surface area contributed by atoms with Crippen LogP contribution in [-0.4, -0.2) is 25.0 Å². The molecule has 3 rings (SSSR count). The predicted octanol–water partition coefficient (Wildman–Crippen LogP) is 2.02. The molecule has 0 spiro atoms. The normalized spacial score (nSPS) is 19.4. The fourth-order valence-electron chi connectivity index (χ4n) is 2.92. The van der Waals surface area contributed by atoms with Crippen molar-refractivity contribution in [2.75, 3.05) is 18.0 Å².